The lowest BCUT2D eigenvalue weighted by atomic mass is 9.96. The zero-order valence-electron chi connectivity index (χ0n) is 9.16. The molecule has 13 heavy (non-hydrogen) atoms. The zero-order valence-corrected chi connectivity index (χ0v) is 9.16. The van der Waals surface area contributed by atoms with Crippen LogP contribution in [0, 0.1) is 0 Å². The predicted octanol–water partition coefficient (Wildman–Crippen LogP) is 0.360. The van der Waals surface area contributed by atoms with Gasteiger partial charge >= 0.3 is 0 Å². The third kappa shape index (κ3) is 3.63. The number of likely N-dealkylation sites (tertiary alicyclic amines) is 1. The predicted molar refractivity (Wildman–Crippen MR) is 56.8 cm³/mol. The van der Waals surface area contributed by atoms with E-state index in [0.717, 1.165) is 6.42 Å². The van der Waals surface area contributed by atoms with Crippen molar-refractivity contribution in [2.75, 3.05) is 34.2 Å². The van der Waals surface area contributed by atoms with Gasteiger partial charge in [0.2, 0.25) is 0 Å². The Morgan fingerprint density at radius 3 is 2.77 bits per heavy atom. The first-order chi connectivity index (χ1) is 6.09. The van der Waals surface area contributed by atoms with Gasteiger partial charge in [-0.3, -0.25) is 0 Å². The van der Waals surface area contributed by atoms with Gasteiger partial charge in [-0.25, -0.2) is 0 Å². The Morgan fingerprint density at radius 1 is 1.46 bits per heavy atom. The van der Waals surface area contributed by atoms with Gasteiger partial charge in [0.1, 0.15) is 0 Å². The Balaban J connectivity index is 2.29. The van der Waals surface area contributed by atoms with Crippen LogP contribution in [0.1, 0.15) is 19.3 Å². The third-order valence-corrected chi connectivity index (χ3v) is 2.96. The number of nitrogens with zero attached hydrogens (tertiary/aromatic N) is 2. The molecule has 1 rings (SSSR count). The Labute approximate surface area is 81.9 Å². The van der Waals surface area contributed by atoms with Crippen LogP contribution in [-0.2, 0) is 0 Å². The molecule has 0 radical (unpaired) electrons. The van der Waals surface area contributed by atoms with Crippen molar-refractivity contribution in [2.24, 2.45) is 5.73 Å². The molecule has 2 unspecified atom stereocenters. The molecule has 1 fully saturated rings. The average Bonchev–Trinajstić information content (AvgIpc) is 2.06. The molecule has 0 aliphatic carbocycles. The van der Waals surface area contributed by atoms with Crippen molar-refractivity contribution >= 4 is 0 Å². The number of hydrogen-bond donors (Lipinski definition) is 1. The van der Waals surface area contributed by atoms with Gasteiger partial charge in [-0.05, 0) is 53.5 Å². The van der Waals surface area contributed by atoms with E-state index in [1.807, 2.05) is 0 Å². The lowest BCUT2D eigenvalue weighted by Crippen LogP contribution is -2.45. The summed E-state index contributed by atoms with van der Waals surface area (Å²) in [4.78, 5) is 4.70. The second-order valence-electron chi connectivity index (χ2n) is 4.51. The topological polar surface area (TPSA) is 32.5 Å². The molecule has 78 valence electrons. The van der Waals surface area contributed by atoms with Crippen molar-refractivity contribution in [1.82, 2.24) is 9.80 Å². The highest BCUT2D eigenvalue weighted by Gasteiger charge is 2.23. The first-order valence-corrected chi connectivity index (χ1v) is 5.20. The van der Waals surface area contributed by atoms with Crippen LogP contribution in [0.25, 0.3) is 0 Å². The van der Waals surface area contributed by atoms with Crippen molar-refractivity contribution in [3.8, 4) is 0 Å². The highest BCUT2D eigenvalue weighted by molar-refractivity contribution is 4.81. The van der Waals surface area contributed by atoms with Crippen molar-refractivity contribution < 1.29 is 0 Å². The van der Waals surface area contributed by atoms with Crippen LogP contribution in [-0.4, -0.2) is 56.1 Å². The van der Waals surface area contributed by atoms with Gasteiger partial charge in [-0.1, -0.05) is 0 Å². The van der Waals surface area contributed by atoms with E-state index in [1.165, 1.54) is 25.9 Å². The molecule has 3 heteroatoms. The second kappa shape index (κ2) is 4.94. The minimum atomic E-state index is 0.434. The van der Waals surface area contributed by atoms with E-state index >= 15 is 0 Å². The van der Waals surface area contributed by atoms with Crippen molar-refractivity contribution in [3.63, 3.8) is 0 Å². The van der Waals surface area contributed by atoms with Crippen LogP contribution >= 0.6 is 0 Å². The summed E-state index contributed by atoms with van der Waals surface area (Å²) in [5.41, 5.74) is 5.95. The summed E-state index contributed by atoms with van der Waals surface area (Å²) in [6.07, 6.45) is 3.58. The van der Waals surface area contributed by atoms with Gasteiger partial charge in [0.25, 0.3) is 0 Å². The van der Waals surface area contributed by atoms with Crippen LogP contribution in [0.2, 0.25) is 0 Å². The molecule has 3 nitrogen and oxygen atoms in total. The summed E-state index contributed by atoms with van der Waals surface area (Å²) in [5.74, 6) is 0. The molecule has 2 N–H and O–H groups in total. The van der Waals surface area contributed by atoms with E-state index < -0.39 is 0 Å². The average molecular weight is 185 g/mol. The number of nitrogens with two attached hydrogens (primary N) is 1. The van der Waals surface area contributed by atoms with E-state index in [2.05, 4.69) is 30.9 Å². The monoisotopic (exact) mass is 185 g/mol. The third-order valence-electron chi connectivity index (χ3n) is 2.96. The maximum absolute atomic E-state index is 5.95. The van der Waals surface area contributed by atoms with Crippen LogP contribution in [0.3, 0.4) is 0 Å². The van der Waals surface area contributed by atoms with Gasteiger partial charge in [-0.2, -0.15) is 0 Å². The molecule has 0 aromatic heterocycles. The fourth-order valence-electron chi connectivity index (χ4n) is 1.94. The normalized spacial score (nSPS) is 31.2. The summed E-state index contributed by atoms with van der Waals surface area (Å²) in [6, 6.07) is 1.13. The molecule has 0 spiro atoms. The van der Waals surface area contributed by atoms with Crippen molar-refractivity contribution in [2.45, 2.75) is 31.3 Å². The van der Waals surface area contributed by atoms with Gasteiger partial charge in [0.05, 0.1) is 0 Å². The van der Waals surface area contributed by atoms with Crippen LogP contribution in [0.5, 0.6) is 0 Å². The molecular formula is C10H23N3. The SMILES string of the molecule is CN(C)CCC1CC(N)CCN1C. The number of hydrogen-bond acceptors (Lipinski definition) is 3. The lowest BCUT2D eigenvalue weighted by Gasteiger charge is -2.36. The van der Waals surface area contributed by atoms with Crippen LogP contribution in [0.15, 0.2) is 0 Å². The highest BCUT2D eigenvalue weighted by atomic mass is 15.1. The Kier molecular flexibility index (Phi) is 4.16. The standard InChI is InChI=1S/C10H23N3/c1-12(2)6-5-10-8-9(11)4-7-13(10)3/h9-10H,4-8,11H2,1-3H3. The molecule has 0 amide bonds. The van der Waals surface area contributed by atoms with E-state index in [1.54, 1.807) is 0 Å². The second-order valence-corrected chi connectivity index (χ2v) is 4.51. The fraction of sp³-hybridized carbons (Fsp3) is 1.00. The number of rotatable bonds is 3. The van der Waals surface area contributed by atoms with Gasteiger partial charge in [0, 0.05) is 12.1 Å². The molecule has 1 aliphatic rings. The Morgan fingerprint density at radius 2 is 2.15 bits per heavy atom. The molecule has 0 aromatic carbocycles. The molecule has 0 saturated carbocycles. The van der Waals surface area contributed by atoms with E-state index in [-0.39, 0.29) is 0 Å². The molecular weight excluding hydrogens is 162 g/mol. The molecule has 1 aliphatic heterocycles. The summed E-state index contributed by atoms with van der Waals surface area (Å²) in [7, 11) is 6.47. The maximum atomic E-state index is 5.95. The van der Waals surface area contributed by atoms with Crippen LogP contribution < -0.4 is 5.73 Å². The maximum Gasteiger partial charge on any atom is 0.0119 e. The van der Waals surface area contributed by atoms with Crippen LogP contribution in [0.4, 0.5) is 0 Å². The van der Waals surface area contributed by atoms with E-state index in [4.69, 9.17) is 5.73 Å². The molecule has 0 bridgehead atoms. The highest BCUT2D eigenvalue weighted by Crippen LogP contribution is 2.17. The van der Waals surface area contributed by atoms with Gasteiger partial charge < -0.3 is 15.5 Å². The van der Waals surface area contributed by atoms with Gasteiger partial charge in [0.15, 0.2) is 0 Å². The molecule has 0 aromatic rings. The van der Waals surface area contributed by atoms with E-state index in [9.17, 15) is 0 Å². The Bertz CT molecular complexity index is 147. The first kappa shape index (κ1) is 11.0. The summed E-state index contributed by atoms with van der Waals surface area (Å²) >= 11 is 0. The quantitative estimate of drug-likeness (QED) is 0.689. The summed E-state index contributed by atoms with van der Waals surface area (Å²) in [5, 5.41) is 0. The summed E-state index contributed by atoms with van der Waals surface area (Å²) in [6.45, 7) is 2.33. The smallest absolute Gasteiger partial charge is 0.0119 e. The minimum Gasteiger partial charge on any atom is -0.328 e. The lowest BCUT2D eigenvalue weighted by molar-refractivity contribution is 0.152. The zero-order chi connectivity index (χ0) is 9.84. The van der Waals surface area contributed by atoms with Gasteiger partial charge in [-0.15, -0.1) is 0 Å². The first-order valence-electron chi connectivity index (χ1n) is 5.20. The van der Waals surface area contributed by atoms with Crippen molar-refractivity contribution in [1.29, 1.82) is 0 Å². The largest absolute Gasteiger partial charge is 0.328 e. The minimum absolute atomic E-state index is 0.434. The number of piperidine rings is 1. The van der Waals surface area contributed by atoms with Crippen molar-refractivity contribution in [3.05, 3.63) is 0 Å². The molecule has 2 atom stereocenters. The fourth-order valence-corrected chi connectivity index (χ4v) is 1.94. The molecule has 1 heterocycles. The Hall–Kier alpha value is -0.120. The molecule has 1 saturated heterocycles. The summed E-state index contributed by atoms with van der Waals surface area (Å²) < 4.78 is 0. The van der Waals surface area contributed by atoms with E-state index in [0.29, 0.717) is 12.1 Å².